The molecule has 0 aromatic rings. The average Bonchev–Trinajstić information content (AvgIpc) is 2.08. The van der Waals surface area contributed by atoms with Crippen molar-refractivity contribution in [2.45, 2.75) is 6.92 Å². The minimum Gasteiger partial charge on any atom is -0.494 e. The highest BCUT2D eigenvalue weighted by atomic mass is 16.3. The van der Waals surface area contributed by atoms with E-state index in [2.05, 4.69) is 6.58 Å². The maximum absolute atomic E-state index is 11.3. The van der Waals surface area contributed by atoms with E-state index in [4.69, 9.17) is 0 Å². The predicted molar refractivity (Wildman–Crippen MR) is 45.0 cm³/mol. The first-order valence-electron chi connectivity index (χ1n) is 3.57. The SMILES string of the molecule is C=C1N(C)C(=O)C(C)=C(O)N1C. The number of hydrogen-bond donors (Lipinski definition) is 1. The van der Waals surface area contributed by atoms with Crippen LogP contribution in [-0.2, 0) is 4.79 Å². The summed E-state index contributed by atoms with van der Waals surface area (Å²) in [6, 6.07) is 0. The number of aliphatic hydroxyl groups is 1. The number of rotatable bonds is 0. The molecule has 0 aromatic carbocycles. The van der Waals surface area contributed by atoms with Crippen LogP contribution in [0.4, 0.5) is 0 Å². The van der Waals surface area contributed by atoms with E-state index >= 15 is 0 Å². The summed E-state index contributed by atoms with van der Waals surface area (Å²) in [5, 5.41) is 9.40. The molecule has 0 spiro atoms. The zero-order chi connectivity index (χ0) is 9.46. The number of carbonyl (C=O) groups excluding carboxylic acids is 1. The Labute approximate surface area is 71.4 Å². The summed E-state index contributed by atoms with van der Waals surface area (Å²) in [6.45, 7) is 5.23. The van der Waals surface area contributed by atoms with Crippen LogP contribution in [0.1, 0.15) is 6.92 Å². The number of amides is 1. The van der Waals surface area contributed by atoms with Crippen molar-refractivity contribution >= 4 is 5.91 Å². The Morgan fingerprint density at radius 3 is 2.33 bits per heavy atom. The molecular formula is C8H12N2O2. The minimum atomic E-state index is -0.212. The van der Waals surface area contributed by atoms with Gasteiger partial charge in [0.2, 0.25) is 5.88 Å². The zero-order valence-corrected chi connectivity index (χ0v) is 7.46. The van der Waals surface area contributed by atoms with Crippen molar-refractivity contribution in [3.8, 4) is 0 Å². The molecule has 0 atom stereocenters. The lowest BCUT2D eigenvalue weighted by molar-refractivity contribution is -0.126. The normalized spacial score (nSPS) is 19.2. The smallest absolute Gasteiger partial charge is 0.260 e. The second-order valence-electron chi connectivity index (χ2n) is 2.79. The first kappa shape index (κ1) is 8.64. The topological polar surface area (TPSA) is 43.8 Å². The van der Waals surface area contributed by atoms with Gasteiger partial charge in [-0.05, 0) is 6.92 Å². The Morgan fingerprint density at radius 2 is 1.83 bits per heavy atom. The lowest BCUT2D eigenvalue weighted by atomic mass is 10.2. The van der Waals surface area contributed by atoms with Gasteiger partial charge in [-0.1, -0.05) is 6.58 Å². The number of carbonyl (C=O) groups is 1. The fraction of sp³-hybridized carbons (Fsp3) is 0.375. The molecule has 0 unspecified atom stereocenters. The third kappa shape index (κ3) is 0.958. The summed E-state index contributed by atoms with van der Waals surface area (Å²) in [5.41, 5.74) is 0.340. The molecule has 1 aliphatic rings. The van der Waals surface area contributed by atoms with Crippen LogP contribution in [0.3, 0.4) is 0 Å². The van der Waals surface area contributed by atoms with Gasteiger partial charge in [0.25, 0.3) is 5.91 Å². The lowest BCUT2D eigenvalue weighted by Gasteiger charge is -2.33. The van der Waals surface area contributed by atoms with Crippen molar-refractivity contribution < 1.29 is 9.90 Å². The highest BCUT2D eigenvalue weighted by molar-refractivity contribution is 5.95. The van der Waals surface area contributed by atoms with Gasteiger partial charge in [0.1, 0.15) is 5.82 Å². The van der Waals surface area contributed by atoms with E-state index < -0.39 is 0 Å². The highest BCUT2D eigenvalue weighted by Gasteiger charge is 2.27. The Bertz CT molecular complexity index is 281. The maximum Gasteiger partial charge on any atom is 0.260 e. The quantitative estimate of drug-likeness (QED) is 0.577. The highest BCUT2D eigenvalue weighted by Crippen LogP contribution is 2.21. The molecule has 0 fully saturated rings. The van der Waals surface area contributed by atoms with Crippen LogP contribution in [0.2, 0.25) is 0 Å². The van der Waals surface area contributed by atoms with Gasteiger partial charge in [-0.15, -0.1) is 0 Å². The van der Waals surface area contributed by atoms with Crippen molar-refractivity contribution in [2.24, 2.45) is 0 Å². The van der Waals surface area contributed by atoms with Crippen LogP contribution in [0, 0.1) is 0 Å². The van der Waals surface area contributed by atoms with Gasteiger partial charge in [0.15, 0.2) is 0 Å². The van der Waals surface area contributed by atoms with E-state index in [1.807, 2.05) is 0 Å². The van der Waals surface area contributed by atoms with Crippen molar-refractivity contribution in [3.63, 3.8) is 0 Å². The maximum atomic E-state index is 11.3. The standard InChI is InChI=1S/C8H12N2O2/c1-5-7(11)9(3)6(2)10(4)8(5)12/h11H,2H2,1,3-4H3. The van der Waals surface area contributed by atoms with E-state index in [0.717, 1.165) is 0 Å². The first-order valence-corrected chi connectivity index (χ1v) is 3.57. The van der Waals surface area contributed by atoms with Crippen LogP contribution in [0.25, 0.3) is 0 Å². The molecule has 0 aliphatic carbocycles. The zero-order valence-electron chi connectivity index (χ0n) is 7.46. The van der Waals surface area contributed by atoms with E-state index in [1.165, 1.54) is 9.80 Å². The minimum absolute atomic E-state index is 0.0249. The van der Waals surface area contributed by atoms with Gasteiger partial charge in [0, 0.05) is 14.1 Å². The van der Waals surface area contributed by atoms with Crippen LogP contribution in [0.15, 0.2) is 23.9 Å². The number of nitrogens with zero attached hydrogens (tertiary/aromatic N) is 2. The van der Waals surface area contributed by atoms with Crippen molar-refractivity contribution in [2.75, 3.05) is 14.1 Å². The van der Waals surface area contributed by atoms with Crippen LogP contribution >= 0.6 is 0 Å². The molecular weight excluding hydrogens is 156 g/mol. The third-order valence-electron chi connectivity index (χ3n) is 2.05. The fourth-order valence-corrected chi connectivity index (χ4v) is 1.06. The molecule has 0 bridgehead atoms. The van der Waals surface area contributed by atoms with E-state index in [-0.39, 0.29) is 11.8 Å². The van der Waals surface area contributed by atoms with E-state index in [0.29, 0.717) is 11.4 Å². The summed E-state index contributed by atoms with van der Waals surface area (Å²) in [7, 11) is 3.28. The molecule has 0 aromatic heterocycles. The number of likely N-dealkylation sites (N-methyl/N-ethyl adjacent to an activating group) is 1. The molecule has 1 rings (SSSR count). The Hall–Kier alpha value is -1.45. The van der Waals surface area contributed by atoms with Crippen molar-refractivity contribution in [3.05, 3.63) is 23.9 Å². The predicted octanol–water partition coefficient (Wildman–Crippen LogP) is 0.651. The molecule has 1 N–H and O–H groups in total. The molecule has 66 valence electrons. The van der Waals surface area contributed by atoms with E-state index in [9.17, 15) is 9.90 Å². The lowest BCUT2D eigenvalue weighted by Crippen LogP contribution is -2.40. The monoisotopic (exact) mass is 168 g/mol. The van der Waals surface area contributed by atoms with Crippen molar-refractivity contribution in [1.29, 1.82) is 0 Å². The molecule has 0 radical (unpaired) electrons. The van der Waals surface area contributed by atoms with Crippen LogP contribution < -0.4 is 0 Å². The molecule has 1 heterocycles. The summed E-state index contributed by atoms with van der Waals surface area (Å²) in [4.78, 5) is 14.2. The Morgan fingerprint density at radius 1 is 1.33 bits per heavy atom. The summed E-state index contributed by atoms with van der Waals surface area (Å²) in [6.07, 6.45) is 0. The Balaban J connectivity index is 3.17. The van der Waals surface area contributed by atoms with Gasteiger partial charge < -0.3 is 10.0 Å². The second-order valence-corrected chi connectivity index (χ2v) is 2.79. The fourth-order valence-electron chi connectivity index (χ4n) is 1.06. The van der Waals surface area contributed by atoms with Crippen molar-refractivity contribution in [1.82, 2.24) is 9.80 Å². The summed E-state index contributed by atoms with van der Waals surface area (Å²) >= 11 is 0. The van der Waals surface area contributed by atoms with Crippen LogP contribution in [0.5, 0.6) is 0 Å². The summed E-state index contributed by atoms with van der Waals surface area (Å²) in [5.74, 6) is 0.238. The molecule has 1 amide bonds. The van der Waals surface area contributed by atoms with Gasteiger partial charge >= 0.3 is 0 Å². The second kappa shape index (κ2) is 2.55. The third-order valence-corrected chi connectivity index (χ3v) is 2.05. The molecule has 12 heavy (non-hydrogen) atoms. The molecule has 0 saturated carbocycles. The largest absolute Gasteiger partial charge is 0.494 e. The molecule has 4 heteroatoms. The summed E-state index contributed by atoms with van der Waals surface area (Å²) < 4.78 is 0. The average molecular weight is 168 g/mol. The first-order chi connectivity index (χ1) is 5.46. The van der Waals surface area contributed by atoms with Gasteiger partial charge in [0.05, 0.1) is 5.57 Å². The van der Waals surface area contributed by atoms with E-state index in [1.54, 1.807) is 21.0 Å². The molecule has 1 aliphatic heterocycles. The molecule has 4 nitrogen and oxygen atoms in total. The van der Waals surface area contributed by atoms with Gasteiger partial charge in [-0.25, -0.2) is 0 Å². The van der Waals surface area contributed by atoms with Gasteiger partial charge in [-0.3, -0.25) is 9.69 Å². The van der Waals surface area contributed by atoms with Gasteiger partial charge in [-0.2, -0.15) is 0 Å². The Kier molecular flexibility index (Phi) is 1.84. The van der Waals surface area contributed by atoms with Crippen LogP contribution in [-0.4, -0.2) is 34.9 Å². The molecule has 0 saturated heterocycles. The number of aliphatic hydroxyl groups excluding tert-OH is 1. The number of hydrogen-bond acceptors (Lipinski definition) is 3.